The Balaban J connectivity index is 2.48. The van der Waals surface area contributed by atoms with E-state index >= 15 is 0 Å². The number of carbonyl (C=O) groups is 2. The van der Waals surface area contributed by atoms with Gasteiger partial charge in [-0.3, -0.25) is 9.59 Å². The quantitative estimate of drug-likeness (QED) is 0.577. The Kier molecular flexibility index (Phi) is 2.56. The molecule has 0 aromatic heterocycles. The third-order valence-corrected chi connectivity index (χ3v) is 2.23. The number of aldehydes is 1. The van der Waals surface area contributed by atoms with Gasteiger partial charge in [0.15, 0.2) is 5.78 Å². The molecule has 2 aromatic rings. The molecule has 0 unspecified atom stereocenters. The van der Waals surface area contributed by atoms with Crippen molar-refractivity contribution in [3.8, 4) is 0 Å². The average Bonchev–Trinajstić information content (AvgIpc) is 2.39. The first-order valence-electron chi connectivity index (χ1n) is 5.38. The highest BCUT2D eigenvalue weighted by molar-refractivity contribution is 6.09. The normalized spacial score (nSPS) is 10.6. The van der Waals surface area contributed by atoms with E-state index in [2.05, 4.69) is 0 Å². The molecule has 2 heteroatoms. The number of benzene rings is 2. The predicted molar refractivity (Wildman–Crippen MR) is 61.7 cm³/mol. The van der Waals surface area contributed by atoms with Crippen LogP contribution in [0.5, 0.6) is 0 Å². The van der Waals surface area contributed by atoms with Gasteiger partial charge in [0, 0.05) is 16.7 Å². The summed E-state index contributed by atoms with van der Waals surface area (Å²) in [7, 11) is 0. The van der Waals surface area contributed by atoms with E-state index in [1.807, 2.05) is 6.07 Å². The van der Waals surface area contributed by atoms with Gasteiger partial charge in [-0.1, -0.05) is 48.5 Å². The first-order chi connectivity index (χ1) is 8.24. The van der Waals surface area contributed by atoms with Gasteiger partial charge < -0.3 is 0 Å². The van der Waals surface area contributed by atoms with Gasteiger partial charge in [-0.25, -0.2) is 0 Å². The number of hydrogen-bond donors (Lipinski definition) is 0. The third-order valence-electron chi connectivity index (χ3n) is 2.23. The smallest absolute Gasteiger partial charge is 0.193 e. The highest BCUT2D eigenvalue weighted by atomic mass is 16.1. The third kappa shape index (κ3) is 2.06. The molecular weight excluding hydrogens is 200 g/mol. The van der Waals surface area contributed by atoms with Crippen molar-refractivity contribution in [2.75, 3.05) is 0 Å². The zero-order valence-electron chi connectivity index (χ0n) is 9.51. The maximum absolute atomic E-state index is 12.1. The Morgan fingerprint density at radius 1 is 1.00 bits per heavy atom. The summed E-state index contributed by atoms with van der Waals surface area (Å²) in [6.45, 7) is 0. The molecule has 0 bridgehead atoms. The molecule has 0 N–H and O–H groups in total. The Bertz CT molecular complexity index is 562. The van der Waals surface area contributed by atoms with Crippen LogP contribution in [-0.2, 0) is 0 Å². The molecule has 2 nitrogen and oxygen atoms in total. The van der Waals surface area contributed by atoms with Crippen LogP contribution in [0.3, 0.4) is 0 Å². The fourth-order valence-electron chi connectivity index (χ4n) is 1.43. The van der Waals surface area contributed by atoms with Crippen LogP contribution in [0.15, 0.2) is 54.6 Å². The molecule has 0 atom stereocenters. The Labute approximate surface area is 94.9 Å². The lowest BCUT2D eigenvalue weighted by Crippen LogP contribution is -2.01. The van der Waals surface area contributed by atoms with Gasteiger partial charge in [-0.15, -0.1) is 0 Å². The average molecular weight is 211 g/mol. The number of hydrogen-bond acceptors (Lipinski definition) is 2. The molecule has 0 aliphatic heterocycles. The number of carbonyl (C=O) groups excluding carboxylic acids is 2. The summed E-state index contributed by atoms with van der Waals surface area (Å²) in [6.07, 6.45) is 0.587. The second kappa shape index (κ2) is 4.53. The molecule has 0 amide bonds. The Morgan fingerprint density at radius 2 is 1.69 bits per heavy atom. The summed E-state index contributed by atoms with van der Waals surface area (Å²) in [5.74, 6) is -0.237. The molecule has 0 radical (unpaired) electrons. The lowest BCUT2D eigenvalue weighted by atomic mass is 10.0. The molecule has 2 aromatic carbocycles. The van der Waals surface area contributed by atoms with Crippen LogP contribution in [0, 0.1) is 0 Å². The van der Waals surface area contributed by atoms with Crippen LogP contribution >= 0.6 is 0 Å². The molecule has 16 heavy (non-hydrogen) atoms. The summed E-state index contributed by atoms with van der Waals surface area (Å²) < 4.78 is 7.77. The van der Waals surface area contributed by atoms with Crippen LogP contribution in [0.25, 0.3) is 0 Å². The SMILES string of the molecule is [2H]c1c(C=O)cccc1C(=O)c1ccccc1. The van der Waals surface area contributed by atoms with E-state index in [9.17, 15) is 9.59 Å². The second-order valence-electron chi connectivity index (χ2n) is 3.33. The summed E-state index contributed by atoms with van der Waals surface area (Å²) in [5.41, 5.74) is 0.997. The van der Waals surface area contributed by atoms with E-state index in [0.29, 0.717) is 11.8 Å². The lowest BCUT2D eigenvalue weighted by molar-refractivity contribution is 0.103. The van der Waals surface area contributed by atoms with E-state index in [1.54, 1.807) is 36.4 Å². The monoisotopic (exact) mass is 211 g/mol. The van der Waals surface area contributed by atoms with Gasteiger partial charge in [0.1, 0.15) is 6.29 Å². The second-order valence-corrected chi connectivity index (χ2v) is 3.33. The zero-order valence-corrected chi connectivity index (χ0v) is 8.51. The van der Waals surface area contributed by atoms with Gasteiger partial charge in [0.25, 0.3) is 0 Å². The molecule has 2 rings (SSSR count). The van der Waals surface area contributed by atoms with Crippen molar-refractivity contribution in [1.29, 1.82) is 0 Å². The molecule has 0 spiro atoms. The van der Waals surface area contributed by atoms with Crippen LogP contribution in [-0.4, -0.2) is 12.1 Å². The van der Waals surface area contributed by atoms with Crippen molar-refractivity contribution < 1.29 is 11.0 Å². The predicted octanol–water partition coefficient (Wildman–Crippen LogP) is 2.73. The molecule has 0 saturated carbocycles. The van der Waals surface area contributed by atoms with Gasteiger partial charge in [0.2, 0.25) is 0 Å². The van der Waals surface area contributed by atoms with Crippen molar-refractivity contribution in [2.45, 2.75) is 0 Å². The minimum absolute atomic E-state index is 0.0173. The largest absolute Gasteiger partial charge is 0.298 e. The van der Waals surface area contributed by atoms with Crippen molar-refractivity contribution in [1.82, 2.24) is 0 Å². The maximum Gasteiger partial charge on any atom is 0.193 e. The van der Waals surface area contributed by atoms with E-state index in [1.165, 1.54) is 6.07 Å². The number of ketones is 1. The summed E-state index contributed by atoms with van der Waals surface area (Å²) in [6, 6.07) is 13.4. The molecule has 0 aliphatic rings. The van der Waals surface area contributed by atoms with E-state index in [-0.39, 0.29) is 23.0 Å². The van der Waals surface area contributed by atoms with Gasteiger partial charge >= 0.3 is 0 Å². The fourth-order valence-corrected chi connectivity index (χ4v) is 1.43. The van der Waals surface area contributed by atoms with Gasteiger partial charge in [-0.05, 0) is 6.04 Å². The Morgan fingerprint density at radius 3 is 2.38 bits per heavy atom. The highest BCUT2D eigenvalue weighted by Crippen LogP contribution is 2.10. The van der Waals surface area contributed by atoms with E-state index in [0.717, 1.165) is 0 Å². The molecular formula is C14H10O2. The van der Waals surface area contributed by atoms with E-state index < -0.39 is 0 Å². The van der Waals surface area contributed by atoms with Gasteiger partial charge in [-0.2, -0.15) is 0 Å². The maximum atomic E-state index is 12.1. The first-order valence-corrected chi connectivity index (χ1v) is 4.88. The topological polar surface area (TPSA) is 34.1 Å². The Hall–Kier alpha value is -2.22. The van der Waals surface area contributed by atoms with Crippen LogP contribution in [0.4, 0.5) is 0 Å². The van der Waals surface area contributed by atoms with E-state index in [4.69, 9.17) is 1.37 Å². The zero-order chi connectivity index (χ0) is 12.3. The van der Waals surface area contributed by atoms with Crippen LogP contribution in [0.2, 0.25) is 0 Å². The lowest BCUT2D eigenvalue weighted by Gasteiger charge is -2.01. The molecule has 0 heterocycles. The molecule has 0 aliphatic carbocycles. The first kappa shape index (κ1) is 9.04. The summed E-state index contributed by atoms with van der Waals surface area (Å²) in [5, 5.41) is 0. The van der Waals surface area contributed by atoms with Crippen molar-refractivity contribution in [3.63, 3.8) is 0 Å². The minimum atomic E-state index is -0.237. The van der Waals surface area contributed by atoms with Gasteiger partial charge in [0.05, 0.1) is 1.37 Å². The molecule has 0 fully saturated rings. The van der Waals surface area contributed by atoms with Crippen LogP contribution in [0.1, 0.15) is 27.7 Å². The minimum Gasteiger partial charge on any atom is -0.298 e. The molecule has 0 saturated heterocycles. The van der Waals surface area contributed by atoms with Crippen molar-refractivity contribution >= 4 is 12.1 Å². The highest BCUT2D eigenvalue weighted by Gasteiger charge is 2.08. The number of rotatable bonds is 3. The standard InChI is InChI=1S/C14H10O2/c15-10-11-5-4-8-13(9-11)14(16)12-6-2-1-3-7-12/h1-10H/i9D. The summed E-state index contributed by atoms with van der Waals surface area (Å²) in [4.78, 5) is 22.8. The van der Waals surface area contributed by atoms with Crippen molar-refractivity contribution in [2.24, 2.45) is 0 Å². The summed E-state index contributed by atoms with van der Waals surface area (Å²) >= 11 is 0. The fraction of sp³-hybridized carbons (Fsp3) is 0. The molecule has 78 valence electrons. The van der Waals surface area contributed by atoms with Crippen LogP contribution < -0.4 is 0 Å². The van der Waals surface area contributed by atoms with Crippen molar-refractivity contribution in [3.05, 3.63) is 71.3 Å².